The molecule has 0 aromatic heterocycles. The summed E-state index contributed by atoms with van der Waals surface area (Å²) < 4.78 is 68.9. The average molecular weight is 1550 g/mol. The van der Waals surface area contributed by atoms with Gasteiger partial charge < -0.3 is 33.8 Å². The fourth-order valence-electron chi connectivity index (χ4n) is 13.6. The first-order valence-corrected chi connectivity index (χ1v) is 48.0. The highest BCUT2D eigenvalue weighted by atomic mass is 31.2. The molecule has 630 valence electrons. The van der Waals surface area contributed by atoms with Crippen molar-refractivity contribution in [3.8, 4) is 0 Å². The predicted molar refractivity (Wildman–Crippen MR) is 437 cm³/mol. The normalized spacial score (nSPS) is 13.8. The average Bonchev–Trinajstić information content (AvgIpc) is 0.956. The number of unbranched alkanes of at least 4 members (excludes halogenated alkanes) is 56. The van der Waals surface area contributed by atoms with E-state index >= 15 is 0 Å². The van der Waals surface area contributed by atoms with Crippen molar-refractivity contribution in [3.63, 3.8) is 0 Å². The minimum absolute atomic E-state index is 0.107. The van der Waals surface area contributed by atoms with E-state index in [9.17, 15) is 43.2 Å². The number of hydrogen-bond donors (Lipinski definition) is 3. The van der Waals surface area contributed by atoms with Crippen LogP contribution in [0.2, 0.25) is 0 Å². The molecule has 0 spiro atoms. The summed E-state index contributed by atoms with van der Waals surface area (Å²) in [5.41, 5.74) is 0. The van der Waals surface area contributed by atoms with Crippen molar-refractivity contribution in [3.05, 3.63) is 0 Å². The third-order valence-electron chi connectivity index (χ3n) is 20.5. The number of carbonyl (C=O) groups is 4. The fourth-order valence-corrected chi connectivity index (χ4v) is 15.2. The Morgan fingerprint density at radius 2 is 0.434 bits per heavy atom. The summed E-state index contributed by atoms with van der Waals surface area (Å²) in [4.78, 5) is 73.3. The lowest BCUT2D eigenvalue weighted by Crippen LogP contribution is -2.30. The number of esters is 4. The summed E-state index contributed by atoms with van der Waals surface area (Å²) in [5, 5.41) is 10.7. The first-order valence-electron chi connectivity index (χ1n) is 45.0. The topological polar surface area (TPSA) is 237 Å². The van der Waals surface area contributed by atoms with Gasteiger partial charge in [0, 0.05) is 25.7 Å². The molecule has 0 saturated heterocycles. The second-order valence-corrected chi connectivity index (χ2v) is 35.1. The molecule has 0 radical (unpaired) electrons. The van der Waals surface area contributed by atoms with E-state index in [2.05, 4.69) is 41.5 Å². The highest BCUT2D eigenvalue weighted by molar-refractivity contribution is 7.47. The first kappa shape index (κ1) is 104. The van der Waals surface area contributed by atoms with Crippen LogP contribution in [0.25, 0.3) is 0 Å². The quantitative estimate of drug-likeness (QED) is 0.0222. The van der Waals surface area contributed by atoms with Gasteiger partial charge in [-0.15, -0.1) is 0 Å². The van der Waals surface area contributed by atoms with E-state index in [4.69, 9.17) is 37.0 Å². The van der Waals surface area contributed by atoms with Gasteiger partial charge in [0.15, 0.2) is 12.2 Å². The SMILES string of the molecule is CCCCCCCCCCCCCCCCCCCCCC(=O)OC[C@H](COP(=O)(O)OC[C@@H](O)COP(=O)(O)OC[C@@H](COC(=O)CCCCCCCCCCCCCC)OC(=O)CCCCCCCCCCCCCC(C)C)OC(=O)CCCCCCCCCCCCCCCCCCCCC(C)C. The van der Waals surface area contributed by atoms with Crippen LogP contribution in [-0.4, -0.2) is 96.7 Å². The lowest BCUT2D eigenvalue weighted by atomic mass is 10.0. The van der Waals surface area contributed by atoms with Crippen molar-refractivity contribution in [2.24, 2.45) is 11.8 Å². The minimum Gasteiger partial charge on any atom is -0.462 e. The molecule has 0 aromatic rings. The van der Waals surface area contributed by atoms with Gasteiger partial charge in [-0.25, -0.2) is 9.13 Å². The van der Waals surface area contributed by atoms with Gasteiger partial charge in [0.05, 0.1) is 26.4 Å². The van der Waals surface area contributed by atoms with Gasteiger partial charge in [-0.1, -0.05) is 414 Å². The van der Waals surface area contributed by atoms with Gasteiger partial charge in [0.2, 0.25) is 0 Å². The molecule has 0 rings (SSSR count). The van der Waals surface area contributed by atoms with Crippen LogP contribution in [-0.2, 0) is 65.4 Å². The summed E-state index contributed by atoms with van der Waals surface area (Å²) in [6.07, 6.45) is 70.8. The molecular weight excluding hydrogens is 1380 g/mol. The Morgan fingerprint density at radius 1 is 0.255 bits per heavy atom. The summed E-state index contributed by atoms with van der Waals surface area (Å²) in [6.45, 7) is 9.71. The summed E-state index contributed by atoms with van der Waals surface area (Å²) in [6, 6.07) is 0. The van der Waals surface area contributed by atoms with E-state index in [0.717, 1.165) is 102 Å². The summed E-state index contributed by atoms with van der Waals surface area (Å²) >= 11 is 0. The number of ether oxygens (including phenoxy) is 4. The monoisotopic (exact) mass is 1550 g/mol. The number of rotatable bonds is 86. The Hall–Kier alpha value is -1.94. The Balaban J connectivity index is 5.24. The zero-order chi connectivity index (χ0) is 77.8. The zero-order valence-electron chi connectivity index (χ0n) is 69.7. The molecule has 0 bridgehead atoms. The lowest BCUT2D eigenvalue weighted by molar-refractivity contribution is -0.161. The lowest BCUT2D eigenvalue weighted by Gasteiger charge is -2.21. The third kappa shape index (κ3) is 80.1. The largest absolute Gasteiger partial charge is 0.472 e. The van der Waals surface area contributed by atoms with Crippen LogP contribution in [0.1, 0.15) is 465 Å². The highest BCUT2D eigenvalue weighted by Gasteiger charge is 2.30. The van der Waals surface area contributed by atoms with E-state index in [1.54, 1.807) is 0 Å². The second-order valence-electron chi connectivity index (χ2n) is 32.2. The maximum absolute atomic E-state index is 13.2. The van der Waals surface area contributed by atoms with E-state index in [-0.39, 0.29) is 25.7 Å². The maximum atomic E-state index is 13.2. The smallest absolute Gasteiger partial charge is 0.462 e. The number of carbonyl (C=O) groups excluding carboxylic acids is 4. The first-order chi connectivity index (χ1) is 51.4. The van der Waals surface area contributed by atoms with Gasteiger partial charge >= 0.3 is 39.5 Å². The van der Waals surface area contributed by atoms with Gasteiger partial charge in [-0.3, -0.25) is 37.3 Å². The van der Waals surface area contributed by atoms with E-state index in [1.807, 2.05) is 0 Å². The molecular formula is C87H170O17P2. The number of hydrogen-bond acceptors (Lipinski definition) is 15. The Morgan fingerprint density at radius 3 is 0.642 bits per heavy atom. The molecule has 0 aliphatic carbocycles. The fraction of sp³-hybridized carbons (Fsp3) is 0.954. The Bertz CT molecular complexity index is 2030. The molecule has 0 saturated carbocycles. The zero-order valence-corrected chi connectivity index (χ0v) is 71.5. The number of phosphoric ester groups is 2. The predicted octanol–water partition coefficient (Wildman–Crippen LogP) is 26.6. The number of phosphoric acid groups is 2. The van der Waals surface area contributed by atoms with Crippen LogP contribution in [0.5, 0.6) is 0 Å². The molecule has 106 heavy (non-hydrogen) atoms. The van der Waals surface area contributed by atoms with Gasteiger partial charge in [-0.05, 0) is 37.5 Å². The summed E-state index contributed by atoms with van der Waals surface area (Å²) in [5.74, 6) is -0.514. The molecule has 5 atom stereocenters. The van der Waals surface area contributed by atoms with Crippen LogP contribution in [0, 0.1) is 11.8 Å². The maximum Gasteiger partial charge on any atom is 0.472 e. The van der Waals surface area contributed by atoms with Crippen molar-refractivity contribution in [1.29, 1.82) is 0 Å². The van der Waals surface area contributed by atoms with E-state index in [0.29, 0.717) is 25.7 Å². The van der Waals surface area contributed by atoms with Crippen molar-refractivity contribution in [2.45, 2.75) is 484 Å². The molecule has 3 N–H and O–H groups in total. The second kappa shape index (κ2) is 78.3. The summed E-state index contributed by atoms with van der Waals surface area (Å²) in [7, 11) is -9.93. The van der Waals surface area contributed by atoms with Gasteiger partial charge in [0.25, 0.3) is 0 Å². The van der Waals surface area contributed by atoms with E-state index < -0.39 is 97.5 Å². The Labute approximate surface area is 651 Å². The highest BCUT2D eigenvalue weighted by Crippen LogP contribution is 2.45. The van der Waals surface area contributed by atoms with Gasteiger partial charge in [0.1, 0.15) is 19.3 Å². The van der Waals surface area contributed by atoms with Crippen molar-refractivity contribution < 1.29 is 80.2 Å². The van der Waals surface area contributed by atoms with E-state index in [1.165, 1.54) is 283 Å². The number of aliphatic hydroxyl groups is 1. The van der Waals surface area contributed by atoms with Gasteiger partial charge in [-0.2, -0.15) is 0 Å². The molecule has 0 aromatic carbocycles. The Kier molecular flexibility index (Phi) is 76.9. The van der Waals surface area contributed by atoms with Crippen molar-refractivity contribution >= 4 is 39.5 Å². The van der Waals surface area contributed by atoms with Crippen LogP contribution < -0.4 is 0 Å². The standard InChI is InChI=1S/C87H170O17P2/c1-7-9-11-13-15-17-19-21-22-23-24-28-31-34-40-46-52-58-64-70-85(90)98-76-82(103-86(91)71-65-59-53-47-41-35-32-29-26-25-27-30-33-37-43-49-55-61-67-79(3)4)77-101-105(93,94)99-73-81(88)74-100-106(95,96)102-78-83(75-97-84(89)69-63-57-51-45-39-20-18-16-14-12-10-8-2)104-87(92)72-66-60-54-48-42-36-38-44-50-56-62-68-80(5)6/h79-83,88H,7-78H2,1-6H3,(H,93,94)(H,95,96)/t81-,82-,83-/m1/s1. The van der Waals surface area contributed by atoms with Crippen LogP contribution in [0.3, 0.4) is 0 Å². The molecule has 0 aliphatic heterocycles. The van der Waals surface area contributed by atoms with Crippen LogP contribution in [0.15, 0.2) is 0 Å². The molecule has 0 aliphatic rings. The molecule has 19 heteroatoms. The minimum atomic E-state index is -4.97. The molecule has 0 fully saturated rings. The van der Waals surface area contributed by atoms with Crippen LogP contribution >= 0.6 is 15.6 Å². The third-order valence-corrected chi connectivity index (χ3v) is 22.4. The molecule has 0 amide bonds. The van der Waals surface area contributed by atoms with Crippen molar-refractivity contribution in [1.82, 2.24) is 0 Å². The number of aliphatic hydroxyl groups excluding tert-OH is 1. The molecule has 0 heterocycles. The van der Waals surface area contributed by atoms with Crippen LogP contribution in [0.4, 0.5) is 0 Å². The molecule has 17 nitrogen and oxygen atoms in total. The molecule has 2 unspecified atom stereocenters. The van der Waals surface area contributed by atoms with Crippen molar-refractivity contribution in [2.75, 3.05) is 39.6 Å².